The first-order valence-electron chi connectivity index (χ1n) is 6.04. The second-order valence-corrected chi connectivity index (χ2v) is 4.16. The minimum Gasteiger partial charge on any atom is -0.304 e. The summed E-state index contributed by atoms with van der Waals surface area (Å²) < 4.78 is 0. The molecule has 0 radical (unpaired) electrons. The molecule has 0 saturated heterocycles. The van der Waals surface area contributed by atoms with Crippen molar-refractivity contribution in [1.29, 1.82) is 0 Å². The lowest BCUT2D eigenvalue weighted by molar-refractivity contribution is -0.120. The van der Waals surface area contributed by atoms with Gasteiger partial charge in [0, 0.05) is 13.0 Å². The standard InChI is InChI=1S/C14H21NO/c1-3-4-10-14(16)12(2)15-11-13-8-6-5-7-9-13/h5-9,12,15H,3-4,10-11H2,1-2H3/t12-/m1/s1. The fraction of sp³-hybridized carbons (Fsp3) is 0.500. The van der Waals surface area contributed by atoms with Crippen molar-refractivity contribution in [3.05, 3.63) is 35.9 Å². The van der Waals surface area contributed by atoms with Crippen LogP contribution < -0.4 is 5.32 Å². The van der Waals surface area contributed by atoms with E-state index < -0.39 is 0 Å². The summed E-state index contributed by atoms with van der Waals surface area (Å²) in [6.07, 6.45) is 2.77. The molecule has 0 unspecified atom stereocenters. The smallest absolute Gasteiger partial charge is 0.149 e. The van der Waals surface area contributed by atoms with Crippen LogP contribution in [0.3, 0.4) is 0 Å². The normalized spacial score (nSPS) is 12.4. The van der Waals surface area contributed by atoms with E-state index in [1.54, 1.807) is 0 Å². The zero-order chi connectivity index (χ0) is 11.8. The largest absolute Gasteiger partial charge is 0.304 e. The molecule has 0 aliphatic rings. The maximum Gasteiger partial charge on any atom is 0.149 e. The van der Waals surface area contributed by atoms with Gasteiger partial charge < -0.3 is 5.32 Å². The Morgan fingerprint density at radius 1 is 1.31 bits per heavy atom. The average Bonchev–Trinajstić information content (AvgIpc) is 2.34. The van der Waals surface area contributed by atoms with Crippen LogP contribution in [0.1, 0.15) is 38.7 Å². The van der Waals surface area contributed by atoms with E-state index in [4.69, 9.17) is 0 Å². The highest BCUT2D eigenvalue weighted by atomic mass is 16.1. The molecule has 0 spiro atoms. The van der Waals surface area contributed by atoms with Gasteiger partial charge in [-0.25, -0.2) is 0 Å². The van der Waals surface area contributed by atoms with E-state index >= 15 is 0 Å². The second kappa shape index (κ2) is 7.18. The van der Waals surface area contributed by atoms with Crippen LogP contribution in [-0.4, -0.2) is 11.8 Å². The molecule has 1 aromatic rings. The van der Waals surface area contributed by atoms with Crippen molar-refractivity contribution in [2.45, 2.75) is 45.7 Å². The molecule has 0 aliphatic heterocycles. The van der Waals surface area contributed by atoms with Crippen molar-refractivity contribution in [3.8, 4) is 0 Å². The lowest BCUT2D eigenvalue weighted by atomic mass is 10.1. The Morgan fingerprint density at radius 2 is 2.00 bits per heavy atom. The molecule has 2 heteroatoms. The Kier molecular flexibility index (Phi) is 5.79. The second-order valence-electron chi connectivity index (χ2n) is 4.16. The molecular formula is C14H21NO. The quantitative estimate of drug-likeness (QED) is 0.764. The summed E-state index contributed by atoms with van der Waals surface area (Å²) >= 11 is 0. The Bertz CT molecular complexity index is 308. The van der Waals surface area contributed by atoms with E-state index in [1.807, 2.05) is 25.1 Å². The van der Waals surface area contributed by atoms with Crippen molar-refractivity contribution in [1.82, 2.24) is 5.32 Å². The van der Waals surface area contributed by atoms with Crippen LogP contribution >= 0.6 is 0 Å². The van der Waals surface area contributed by atoms with Crippen molar-refractivity contribution in [2.75, 3.05) is 0 Å². The first-order chi connectivity index (χ1) is 7.74. The highest BCUT2D eigenvalue weighted by molar-refractivity contribution is 5.83. The van der Waals surface area contributed by atoms with Gasteiger partial charge in [-0.05, 0) is 18.9 Å². The van der Waals surface area contributed by atoms with Gasteiger partial charge in [-0.2, -0.15) is 0 Å². The zero-order valence-corrected chi connectivity index (χ0v) is 10.2. The Morgan fingerprint density at radius 3 is 2.62 bits per heavy atom. The number of nitrogens with one attached hydrogen (secondary N) is 1. The number of carbonyl (C=O) groups excluding carboxylic acids is 1. The van der Waals surface area contributed by atoms with Gasteiger partial charge in [0.1, 0.15) is 5.78 Å². The number of rotatable bonds is 7. The number of Topliss-reactive ketones (excluding diaryl/α,β-unsaturated/α-hetero) is 1. The molecule has 1 atom stereocenters. The third-order valence-corrected chi connectivity index (χ3v) is 2.71. The molecule has 1 rings (SSSR count). The van der Waals surface area contributed by atoms with Crippen molar-refractivity contribution < 1.29 is 4.79 Å². The molecule has 0 fully saturated rings. The molecule has 88 valence electrons. The van der Waals surface area contributed by atoms with E-state index in [-0.39, 0.29) is 6.04 Å². The molecular weight excluding hydrogens is 198 g/mol. The van der Waals surface area contributed by atoms with Crippen LogP contribution in [0.2, 0.25) is 0 Å². The monoisotopic (exact) mass is 219 g/mol. The number of carbonyl (C=O) groups is 1. The predicted octanol–water partition coefficient (Wildman–Crippen LogP) is 2.92. The highest BCUT2D eigenvalue weighted by Crippen LogP contribution is 2.02. The molecule has 0 aromatic heterocycles. The topological polar surface area (TPSA) is 29.1 Å². The molecule has 0 saturated carbocycles. The Labute approximate surface area is 98.1 Å². The number of hydrogen-bond acceptors (Lipinski definition) is 2. The molecule has 1 aromatic carbocycles. The minimum absolute atomic E-state index is 0.0354. The van der Waals surface area contributed by atoms with Gasteiger partial charge in [0.05, 0.1) is 6.04 Å². The number of ketones is 1. The van der Waals surface area contributed by atoms with E-state index in [0.29, 0.717) is 12.2 Å². The van der Waals surface area contributed by atoms with Gasteiger partial charge in [0.2, 0.25) is 0 Å². The van der Waals surface area contributed by atoms with E-state index in [1.165, 1.54) is 5.56 Å². The van der Waals surface area contributed by atoms with Crippen LogP contribution in [0.5, 0.6) is 0 Å². The molecule has 0 bridgehead atoms. The molecule has 1 N–H and O–H groups in total. The molecule has 0 heterocycles. The van der Waals surface area contributed by atoms with E-state index in [2.05, 4.69) is 24.4 Å². The fourth-order valence-electron chi connectivity index (χ4n) is 1.55. The lowest BCUT2D eigenvalue weighted by Gasteiger charge is -2.12. The SMILES string of the molecule is CCCCC(=O)[C@@H](C)NCc1ccccc1. The van der Waals surface area contributed by atoms with Crippen LogP contribution in [0, 0.1) is 0 Å². The van der Waals surface area contributed by atoms with E-state index in [9.17, 15) is 4.79 Å². The van der Waals surface area contributed by atoms with Crippen LogP contribution in [0.15, 0.2) is 30.3 Å². The first-order valence-corrected chi connectivity index (χ1v) is 6.04. The summed E-state index contributed by atoms with van der Waals surface area (Å²) in [5.41, 5.74) is 1.22. The molecule has 2 nitrogen and oxygen atoms in total. The minimum atomic E-state index is -0.0354. The maximum absolute atomic E-state index is 11.7. The number of hydrogen-bond donors (Lipinski definition) is 1. The van der Waals surface area contributed by atoms with Gasteiger partial charge in [0.15, 0.2) is 0 Å². The summed E-state index contributed by atoms with van der Waals surface area (Å²) in [6, 6.07) is 10.1. The van der Waals surface area contributed by atoms with E-state index in [0.717, 1.165) is 19.4 Å². The first kappa shape index (κ1) is 12.9. The summed E-state index contributed by atoms with van der Waals surface area (Å²) in [7, 11) is 0. The third-order valence-electron chi connectivity index (χ3n) is 2.71. The van der Waals surface area contributed by atoms with Crippen molar-refractivity contribution >= 4 is 5.78 Å². The van der Waals surface area contributed by atoms with Crippen LogP contribution in [-0.2, 0) is 11.3 Å². The van der Waals surface area contributed by atoms with Gasteiger partial charge in [-0.3, -0.25) is 4.79 Å². The van der Waals surface area contributed by atoms with Crippen molar-refractivity contribution in [3.63, 3.8) is 0 Å². The summed E-state index contributed by atoms with van der Waals surface area (Å²) in [4.78, 5) is 11.7. The molecule has 0 amide bonds. The lowest BCUT2D eigenvalue weighted by Crippen LogP contribution is -2.33. The van der Waals surface area contributed by atoms with Gasteiger partial charge in [0.25, 0.3) is 0 Å². The molecule has 16 heavy (non-hydrogen) atoms. The Balaban J connectivity index is 2.29. The zero-order valence-electron chi connectivity index (χ0n) is 10.2. The summed E-state index contributed by atoms with van der Waals surface area (Å²) in [6.45, 7) is 4.82. The van der Waals surface area contributed by atoms with Gasteiger partial charge in [-0.15, -0.1) is 0 Å². The Hall–Kier alpha value is -1.15. The summed E-state index contributed by atoms with van der Waals surface area (Å²) in [5, 5.41) is 3.26. The van der Waals surface area contributed by atoms with Crippen LogP contribution in [0.4, 0.5) is 0 Å². The van der Waals surface area contributed by atoms with Crippen molar-refractivity contribution in [2.24, 2.45) is 0 Å². The van der Waals surface area contributed by atoms with Gasteiger partial charge in [-0.1, -0.05) is 43.7 Å². The summed E-state index contributed by atoms with van der Waals surface area (Å²) in [5.74, 6) is 0.317. The highest BCUT2D eigenvalue weighted by Gasteiger charge is 2.10. The van der Waals surface area contributed by atoms with Gasteiger partial charge >= 0.3 is 0 Å². The average molecular weight is 219 g/mol. The number of unbranched alkanes of at least 4 members (excludes halogenated alkanes) is 1. The maximum atomic E-state index is 11.7. The number of benzene rings is 1. The fourth-order valence-corrected chi connectivity index (χ4v) is 1.55. The molecule has 0 aliphatic carbocycles. The predicted molar refractivity (Wildman–Crippen MR) is 67.3 cm³/mol. The van der Waals surface area contributed by atoms with Crippen LogP contribution in [0.25, 0.3) is 0 Å². The third kappa shape index (κ3) is 4.58.